The first-order valence-electron chi connectivity index (χ1n) is 23.9. The summed E-state index contributed by atoms with van der Waals surface area (Å²) < 4.78 is 29.4. The number of aliphatic hydroxyl groups excluding tert-OH is 2. The molecule has 3 heterocycles. The van der Waals surface area contributed by atoms with E-state index in [1.165, 1.54) is 12.0 Å². The third-order valence-corrected chi connectivity index (χ3v) is 14.5. The van der Waals surface area contributed by atoms with Gasteiger partial charge in [-0.05, 0) is 107 Å². The molecule has 0 radical (unpaired) electrons. The Bertz CT molecular complexity index is 1760. The summed E-state index contributed by atoms with van der Waals surface area (Å²) in [5.41, 5.74) is 1.19. The number of fused-ring (bicyclic) bond motifs is 3. The number of rotatable bonds is 6. The van der Waals surface area contributed by atoms with Gasteiger partial charge in [0.1, 0.15) is 18.2 Å². The summed E-state index contributed by atoms with van der Waals surface area (Å²) in [6.07, 6.45) is 11.2. The Morgan fingerprint density at radius 1 is 0.862 bits per heavy atom. The fraction of sp³-hybridized carbons (Fsp3) is 0.745. The van der Waals surface area contributed by atoms with Crippen molar-refractivity contribution in [2.75, 3.05) is 27.9 Å². The number of nitrogens with zero attached hydrogens (tertiary/aromatic N) is 1. The van der Waals surface area contributed by atoms with Crippen molar-refractivity contribution in [3.05, 3.63) is 47.6 Å². The molecule has 2 bridgehead atoms. The standard InChI is InChI=1S/C51H79NO13/c1-30-16-12-11-13-17-31(2)42(61-8)28-38-21-19-36(7)51(60,65-38)48(57)49(58)52-23-15-14-18-39(52)50(59)64-43(33(4)26-37-20-22-40(53)44(27-37)62-9)29-41(54)32(3)25-35(6)46(56)47(63-10)45(55)34(5)24-30/h11-13,16-17,25,30,33-40,42-44,46-47,53,56,60H,14-15,18-24,26-29H2,1-10H3/b13-11?,16-12?,31-17?,32-25+/t30-,33-,34-,35?,36?,37+,38+,39+,40-,42+,43+,44-,46-,47+,51?/m1/s1. The van der Waals surface area contributed by atoms with E-state index in [0.717, 1.165) is 12.0 Å². The van der Waals surface area contributed by atoms with Crippen molar-refractivity contribution in [1.29, 1.82) is 0 Å². The second-order valence-corrected chi connectivity index (χ2v) is 19.6. The van der Waals surface area contributed by atoms with Crippen molar-refractivity contribution in [2.24, 2.45) is 35.5 Å². The number of aliphatic hydroxyl groups is 3. The number of hydrogen-bond donors (Lipinski definition) is 3. The Morgan fingerprint density at radius 3 is 2.26 bits per heavy atom. The number of ketones is 3. The normalized spacial score (nSPS) is 38.6. The van der Waals surface area contributed by atoms with Crippen LogP contribution in [-0.2, 0) is 47.7 Å². The number of piperidine rings is 1. The molecule has 15 atom stereocenters. The first-order valence-corrected chi connectivity index (χ1v) is 23.9. The first kappa shape index (κ1) is 54.2. The van der Waals surface area contributed by atoms with Crippen LogP contribution in [0.15, 0.2) is 47.6 Å². The van der Waals surface area contributed by atoms with Gasteiger partial charge in [-0.1, -0.05) is 71.1 Å². The maximum atomic E-state index is 14.4. The molecule has 65 heavy (non-hydrogen) atoms. The average molecular weight is 914 g/mol. The lowest BCUT2D eigenvalue weighted by atomic mass is 9.78. The molecule has 0 spiro atoms. The van der Waals surface area contributed by atoms with Crippen LogP contribution in [0.25, 0.3) is 0 Å². The first-order chi connectivity index (χ1) is 30.7. The van der Waals surface area contributed by atoms with E-state index < -0.39 is 83.9 Å². The zero-order valence-electron chi connectivity index (χ0n) is 40.6. The molecule has 1 aliphatic carbocycles. The van der Waals surface area contributed by atoms with Crippen LogP contribution in [0, 0.1) is 35.5 Å². The van der Waals surface area contributed by atoms with Crippen LogP contribution in [0.1, 0.15) is 126 Å². The van der Waals surface area contributed by atoms with E-state index in [4.69, 9.17) is 23.7 Å². The number of cyclic esters (lactones) is 1. The second kappa shape index (κ2) is 25.1. The Kier molecular flexibility index (Phi) is 21.0. The average Bonchev–Trinajstić information content (AvgIpc) is 3.28. The highest BCUT2D eigenvalue weighted by Gasteiger charge is 2.53. The molecule has 3 fully saturated rings. The van der Waals surface area contributed by atoms with Crippen LogP contribution < -0.4 is 0 Å². The van der Waals surface area contributed by atoms with Crippen molar-refractivity contribution in [2.45, 2.75) is 180 Å². The van der Waals surface area contributed by atoms with E-state index in [-0.39, 0.29) is 54.8 Å². The number of carbonyl (C=O) groups excluding carboxylic acids is 5. The van der Waals surface area contributed by atoms with Gasteiger partial charge >= 0.3 is 5.97 Å². The zero-order chi connectivity index (χ0) is 48.2. The summed E-state index contributed by atoms with van der Waals surface area (Å²) in [6.45, 7) is 12.7. The molecule has 14 heteroatoms. The highest BCUT2D eigenvalue weighted by molar-refractivity contribution is 6.39. The Hall–Kier alpha value is -3.37. The molecule has 0 aromatic rings. The van der Waals surface area contributed by atoms with Crippen LogP contribution in [-0.4, -0.2) is 132 Å². The number of allylic oxidation sites excluding steroid dienone is 6. The number of hydrogen-bond acceptors (Lipinski definition) is 13. The minimum atomic E-state index is -2.43. The molecule has 0 aromatic heterocycles. The van der Waals surface area contributed by atoms with Gasteiger partial charge in [-0.15, -0.1) is 0 Å². The predicted molar refractivity (Wildman–Crippen MR) is 245 cm³/mol. The molecule has 1 amide bonds. The Balaban J connectivity index is 1.70. The fourth-order valence-electron chi connectivity index (χ4n) is 10.1. The smallest absolute Gasteiger partial charge is 0.329 e. The van der Waals surface area contributed by atoms with Gasteiger partial charge in [0.2, 0.25) is 5.79 Å². The van der Waals surface area contributed by atoms with Crippen LogP contribution in [0.2, 0.25) is 0 Å². The lowest BCUT2D eigenvalue weighted by molar-refractivity contribution is -0.265. The largest absolute Gasteiger partial charge is 0.460 e. The summed E-state index contributed by atoms with van der Waals surface area (Å²) in [6, 6.07) is -1.14. The van der Waals surface area contributed by atoms with Crippen molar-refractivity contribution < 1.29 is 63.0 Å². The molecule has 4 aliphatic rings. The van der Waals surface area contributed by atoms with Crippen molar-refractivity contribution in [3.63, 3.8) is 0 Å². The molecule has 2 saturated heterocycles. The summed E-state index contributed by atoms with van der Waals surface area (Å²) in [5, 5.41) is 33.9. The SMILES string of the molecule is CO[C@H]1C[C@@H]2CCC(C)C(O)(O2)C(=O)C(=O)N2CCCC[C@H]2C(=O)O[C@H]([C@H](C)C[C@@H]2CC[C@@H](O)[C@H](OC)C2)CC(=O)/C(C)=C/C(C)[C@@H](O)[C@@H](OC)C(=O)[C@H](C)C[C@H](C)C=CC=CC=C1C. The van der Waals surface area contributed by atoms with Gasteiger partial charge in [-0.25, -0.2) is 4.79 Å². The van der Waals surface area contributed by atoms with E-state index in [9.17, 15) is 39.3 Å². The minimum absolute atomic E-state index is 0.0220. The van der Waals surface area contributed by atoms with Gasteiger partial charge < -0.3 is 43.9 Å². The van der Waals surface area contributed by atoms with Gasteiger partial charge in [0.15, 0.2) is 11.6 Å². The second-order valence-electron chi connectivity index (χ2n) is 19.6. The molecule has 3 N–H and O–H groups in total. The van der Waals surface area contributed by atoms with E-state index >= 15 is 0 Å². The van der Waals surface area contributed by atoms with Crippen LogP contribution in [0.5, 0.6) is 0 Å². The van der Waals surface area contributed by atoms with Crippen molar-refractivity contribution in [3.8, 4) is 0 Å². The lowest BCUT2D eigenvalue weighted by Gasteiger charge is -2.42. The van der Waals surface area contributed by atoms with Crippen LogP contribution in [0.3, 0.4) is 0 Å². The maximum absolute atomic E-state index is 14.4. The number of esters is 1. The number of methoxy groups -OCH3 is 3. The third-order valence-electron chi connectivity index (χ3n) is 14.5. The fourth-order valence-corrected chi connectivity index (χ4v) is 10.1. The third kappa shape index (κ3) is 14.3. The van der Waals surface area contributed by atoms with Crippen molar-refractivity contribution in [1.82, 2.24) is 4.90 Å². The molecular formula is C51H79NO13. The molecule has 3 unspecified atom stereocenters. The summed E-state index contributed by atoms with van der Waals surface area (Å²) in [5.74, 6) is -7.93. The van der Waals surface area contributed by atoms with Crippen molar-refractivity contribution >= 4 is 29.2 Å². The molecule has 0 aromatic carbocycles. The van der Waals surface area contributed by atoms with E-state index in [1.807, 2.05) is 58.1 Å². The monoisotopic (exact) mass is 914 g/mol. The molecular weight excluding hydrogens is 835 g/mol. The summed E-state index contributed by atoms with van der Waals surface area (Å²) in [4.78, 5) is 71.7. The Labute approximate surface area is 387 Å². The number of carbonyl (C=O) groups is 5. The molecule has 366 valence electrons. The molecule has 14 nitrogen and oxygen atoms in total. The summed E-state index contributed by atoms with van der Waals surface area (Å²) in [7, 11) is 4.53. The van der Waals surface area contributed by atoms with E-state index in [2.05, 4.69) is 0 Å². The number of Topliss-reactive ketones (excluding diaryl/α,β-unsaturated/α-hetero) is 3. The Morgan fingerprint density at radius 2 is 1.58 bits per heavy atom. The van der Waals surface area contributed by atoms with Crippen LogP contribution >= 0.6 is 0 Å². The highest BCUT2D eigenvalue weighted by atomic mass is 16.6. The maximum Gasteiger partial charge on any atom is 0.329 e. The van der Waals surface area contributed by atoms with Gasteiger partial charge in [0, 0.05) is 58.5 Å². The highest BCUT2D eigenvalue weighted by Crippen LogP contribution is 2.38. The quantitative estimate of drug-likeness (QED) is 0.202. The van der Waals surface area contributed by atoms with E-state index in [1.54, 1.807) is 41.1 Å². The number of amides is 1. The lowest BCUT2D eigenvalue weighted by Crippen LogP contribution is -2.61. The molecule has 1 saturated carbocycles. The van der Waals surface area contributed by atoms with Gasteiger partial charge in [0.05, 0.1) is 30.5 Å². The number of ether oxygens (including phenoxy) is 5. The molecule has 4 rings (SSSR count). The minimum Gasteiger partial charge on any atom is -0.460 e. The van der Waals surface area contributed by atoms with Gasteiger partial charge in [-0.3, -0.25) is 19.2 Å². The van der Waals surface area contributed by atoms with E-state index in [0.29, 0.717) is 63.4 Å². The predicted octanol–water partition coefficient (Wildman–Crippen LogP) is 6.18. The molecule has 3 aliphatic heterocycles. The van der Waals surface area contributed by atoms with Gasteiger partial charge in [0.25, 0.3) is 11.7 Å². The zero-order valence-corrected chi connectivity index (χ0v) is 40.6. The van der Waals surface area contributed by atoms with Gasteiger partial charge in [-0.2, -0.15) is 0 Å². The van der Waals surface area contributed by atoms with Crippen LogP contribution in [0.4, 0.5) is 0 Å². The summed E-state index contributed by atoms with van der Waals surface area (Å²) >= 11 is 0. The topological polar surface area (TPSA) is 195 Å².